The fourth-order valence-corrected chi connectivity index (χ4v) is 3.44. The summed E-state index contributed by atoms with van der Waals surface area (Å²) in [7, 11) is 0. The zero-order valence-electron chi connectivity index (χ0n) is 16.1. The zero-order chi connectivity index (χ0) is 21.3. The number of carboxylic acid groups (broad SMARTS) is 1. The number of aromatic nitrogens is 1. The van der Waals surface area contributed by atoms with E-state index >= 15 is 0 Å². The molecule has 0 atom stereocenters. The number of benzene rings is 3. The first-order chi connectivity index (χ1) is 14.4. The van der Waals surface area contributed by atoms with E-state index in [1.54, 1.807) is 36.4 Å². The molecule has 0 aliphatic heterocycles. The highest BCUT2D eigenvalue weighted by Crippen LogP contribution is 2.27. The number of anilines is 1. The number of carboxylic acids is 1. The van der Waals surface area contributed by atoms with E-state index in [2.05, 4.69) is 5.32 Å². The van der Waals surface area contributed by atoms with E-state index in [9.17, 15) is 19.5 Å². The van der Waals surface area contributed by atoms with Crippen LogP contribution < -0.4 is 5.32 Å². The zero-order valence-corrected chi connectivity index (χ0v) is 16.1. The van der Waals surface area contributed by atoms with E-state index in [1.807, 2.05) is 30.3 Å². The van der Waals surface area contributed by atoms with Crippen molar-refractivity contribution < 1.29 is 19.5 Å². The average molecular weight is 398 g/mol. The molecular formula is C24H18N2O4. The molecule has 2 N–H and O–H groups in total. The number of rotatable bonds is 4. The SMILES string of the molecule is CC(=O)n1cc(C(=O)Nc2cc(C(=O)O)cc(-c3ccccc3)c2)c2ccccc21. The number of para-hydroxylation sites is 1. The molecule has 0 radical (unpaired) electrons. The van der Waals surface area contributed by atoms with Gasteiger partial charge in [0.15, 0.2) is 0 Å². The molecule has 1 amide bonds. The number of nitrogens with zero attached hydrogens (tertiary/aromatic N) is 1. The summed E-state index contributed by atoms with van der Waals surface area (Å²) in [5.74, 6) is -1.71. The summed E-state index contributed by atoms with van der Waals surface area (Å²) in [6, 6.07) is 21.2. The van der Waals surface area contributed by atoms with Crippen molar-refractivity contribution in [3.63, 3.8) is 0 Å². The van der Waals surface area contributed by atoms with Gasteiger partial charge in [-0.05, 0) is 35.4 Å². The molecule has 0 aliphatic rings. The van der Waals surface area contributed by atoms with Crippen LogP contribution in [-0.2, 0) is 0 Å². The van der Waals surface area contributed by atoms with Gasteiger partial charge in [0, 0.05) is 24.2 Å². The van der Waals surface area contributed by atoms with Gasteiger partial charge in [-0.15, -0.1) is 0 Å². The Morgan fingerprint density at radius 3 is 2.27 bits per heavy atom. The summed E-state index contributed by atoms with van der Waals surface area (Å²) in [5, 5.41) is 12.9. The maximum absolute atomic E-state index is 13.0. The summed E-state index contributed by atoms with van der Waals surface area (Å²) in [6.07, 6.45) is 1.50. The van der Waals surface area contributed by atoms with Gasteiger partial charge in [-0.3, -0.25) is 14.2 Å². The third-order valence-electron chi connectivity index (χ3n) is 4.84. The Morgan fingerprint density at radius 1 is 0.867 bits per heavy atom. The predicted octanol–water partition coefficient (Wildman–Crippen LogP) is 4.92. The molecule has 30 heavy (non-hydrogen) atoms. The van der Waals surface area contributed by atoms with Crippen molar-refractivity contribution in [3.05, 3.63) is 90.1 Å². The molecule has 6 nitrogen and oxygen atoms in total. The molecule has 0 saturated carbocycles. The summed E-state index contributed by atoms with van der Waals surface area (Å²) in [6.45, 7) is 1.43. The number of hydrogen-bond donors (Lipinski definition) is 2. The molecule has 0 aliphatic carbocycles. The maximum Gasteiger partial charge on any atom is 0.335 e. The third kappa shape index (κ3) is 3.58. The fourth-order valence-electron chi connectivity index (χ4n) is 3.44. The Morgan fingerprint density at radius 2 is 1.57 bits per heavy atom. The largest absolute Gasteiger partial charge is 0.478 e. The van der Waals surface area contributed by atoms with Gasteiger partial charge in [0.25, 0.3) is 5.91 Å². The highest BCUT2D eigenvalue weighted by Gasteiger charge is 2.18. The standard InChI is InChI=1S/C24H18N2O4/c1-15(27)26-14-21(20-9-5-6-10-22(20)26)23(28)25-19-12-17(11-18(13-19)24(29)30)16-7-3-2-4-8-16/h2-14H,1H3,(H,25,28)(H,29,30). The van der Waals surface area contributed by atoms with Crippen LogP contribution in [0.1, 0.15) is 32.4 Å². The van der Waals surface area contributed by atoms with E-state index in [0.29, 0.717) is 27.7 Å². The lowest BCUT2D eigenvalue weighted by molar-refractivity contribution is 0.0696. The van der Waals surface area contributed by atoms with E-state index in [1.165, 1.54) is 23.8 Å². The van der Waals surface area contributed by atoms with E-state index < -0.39 is 11.9 Å². The molecule has 3 aromatic carbocycles. The molecule has 6 heteroatoms. The van der Waals surface area contributed by atoms with E-state index in [0.717, 1.165) is 5.56 Å². The normalized spacial score (nSPS) is 10.7. The summed E-state index contributed by atoms with van der Waals surface area (Å²) < 4.78 is 1.42. The smallest absolute Gasteiger partial charge is 0.335 e. The van der Waals surface area contributed by atoms with Crippen molar-refractivity contribution in [2.75, 3.05) is 5.32 Å². The van der Waals surface area contributed by atoms with Crippen LogP contribution in [-0.4, -0.2) is 27.5 Å². The molecule has 4 rings (SSSR count). The Bertz CT molecular complexity index is 1290. The van der Waals surface area contributed by atoms with Gasteiger partial charge in [-0.2, -0.15) is 0 Å². The van der Waals surface area contributed by atoms with Crippen molar-refractivity contribution in [3.8, 4) is 11.1 Å². The number of nitrogens with one attached hydrogen (secondary N) is 1. The van der Waals surface area contributed by atoms with Crippen LogP contribution in [0.15, 0.2) is 79.0 Å². The Labute approximate surface area is 172 Å². The van der Waals surface area contributed by atoms with Crippen LogP contribution in [0.5, 0.6) is 0 Å². The number of carbonyl (C=O) groups excluding carboxylic acids is 2. The first-order valence-corrected chi connectivity index (χ1v) is 9.30. The van der Waals surface area contributed by atoms with Gasteiger partial charge in [-0.25, -0.2) is 4.79 Å². The second kappa shape index (κ2) is 7.67. The minimum absolute atomic E-state index is 0.0674. The molecule has 0 bridgehead atoms. The summed E-state index contributed by atoms with van der Waals surface area (Å²) >= 11 is 0. The topological polar surface area (TPSA) is 88.4 Å². The Balaban J connectivity index is 1.75. The van der Waals surface area contributed by atoms with Crippen LogP contribution in [0, 0.1) is 0 Å². The van der Waals surface area contributed by atoms with Crippen LogP contribution in [0.4, 0.5) is 5.69 Å². The quantitative estimate of drug-likeness (QED) is 0.511. The number of fused-ring (bicyclic) bond motifs is 1. The fraction of sp³-hybridized carbons (Fsp3) is 0.0417. The lowest BCUT2D eigenvalue weighted by Gasteiger charge is -2.10. The first-order valence-electron chi connectivity index (χ1n) is 9.30. The van der Waals surface area contributed by atoms with Gasteiger partial charge in [-0.1, -0.05) is 48.5 Å². The van der Waals surface area contributed by atoms with Crippen LogP contribution in [0.25, 0.3) is 22.0 Å². The molecule has 1 aromatic heterocycles. The minimum atomic E-state index is -1.09. The first kappa shape index (κ1) is 19.1. The van der Waals surface area contributed by atoms with Gasteiger partial charge in [0.1, 0.15) is 0 Å². The van der Waals surface area contributed by atoms with Crippen molar-refractivity contribution in [2.45, 2.75) is 6.92 Å². The predicted molar refractivity (Wildman–Crippen MR) is 115 cm³/mol. The van der Waals surface area contributed by atoms with Gasteiger partial charge >= 0.3 is 5.97 Å². The van der Waals surface area contributed by atoms with Crippen LogP contribution >= 0.6 is 0 Å². The molecule has 0 saturated heterocycles. The molecule has 0 unspecified atom stereocenters. The molecule has 148 valence electrons. The van der Waals surface area contributed by atoms with Gasteiger partial charge < -0.3 is 10.4 Å². The van der Waals surface area contributed by atoms with Crippen LogP contribution in [0.2, 0.25) is 0 Å². The Kier molecular flexibility index (Phi) is 4.90. The van der Waals surface area contributed by atoms with Gasteiger partial charge in [0.05, 0.1) is 16.6 Å². The maximum atomic E-state index is 13.0. The molecule has 1 heterocycles. The van der Waals surface area contributed by atoms with Crippen LogP contribution in [0.3, 0.4) is 0 Å². The third-order valence-corrected chi connectivity index (χ3v) is 4.84. The highest BCUT2D eigenvalue weighted by molar-refractivity contribution is 6.14. The van der Waals surface area contributed by atoms with E-state index in [4.69, 9.17) is 0 Å². The molecule has 0 spiro atoms. The summed E-state index contributed by atoms with van der Waals surface area (Å²) in [4.78, 5) is 36.5. The monoisotopic (exact) mass is 398 g/mol. The molecular weight excluding hydrogens is 380 g/mol. The van der Waals surface area contributed by atoms with Crippen molar-refractivity contribution in [2.24, 2.45) is 0 Å². The lowest BCUT2D eigenvalue weighted by Crippen LogP contribution is -2.13. The molecule has 0 fully saturated rings. The minimum Gasteiger partial charge on any atom is -0.478 e. The number of carbonyl (C=O) groups is 3. The summed E-state index contributed by atoms with van der Waals surface area (Å²) in [5.41, 5.74) is 2.92. The van der Waals surface area contributed by atoms with Gasteiger partial charge in [0.2, 0.25) is 5.91 Å². The highest BCUT2D eigenvalue weighted by atomic mass is 16.4. The molecule has 4 aromatic rings. The average Bonchev–Trinajstić information content (AvgIpc) is 3.14. The number of hydrogen-bond acceptors (Lipinski definition) is 3. The second-order valence-electron chi connectivity index (χ2n) is 6.87. The van der Waals surface area contributed by atoms with Crippen molar-refractivity contribution >= 4 is 34.4 Å². The second-order valence-corrected chi connectivity index (χ2v) is 6.87. The Hall–Kier alpha value is -4.19. The van der Waals surface area contributed by atoms with Crippen molar-refractivity contribution in [1.29, 1.82) is 0 Å². The number of amides is 1. The van der Waals surface area contributed by atoms with Crippen molar-refractivity contribution in [1.82, 2.24) is 4.57 Å². The number of aromatic carboxylic acids is 1. The van der Waals surface area contributed by atoms with E-state index in [-0.39, 0.29) is 11.5 Å². The lowest BCUT2D eigenvalue weighted by atomic mass is 10.0.